The summed E-state index contributed by atoms with van der Waals surface area (Å²) in [5.74, 6) is -2.70. The molecule has 2 aliphatic carbocycles. The fourth-order valence-electron chi connectivity index (χ4n) is 3.61. The molecule has 2 N–H and O–H groups in total. The number of nitrogens with one attached hydrogen (secondary N) is 1. The Morgan fingerprint density at radius 3 is 2.19 bits per heavy atom. The Morgan fingerprint density at radius 1 is 1.08 bits per heavy atom. The topological polar surface area (TPSA) is 66.4 Å². The summed E-state index contributed by atoms with van der Waals surface area (Å²) in [5.41, 5.74) is -2.18. The van der Waals surface area contributed by atoms with Gasteiger partial charge in [0.2, 0.25) is 5.91 Å². The van der Waals surface area contributed by atoms with Crippen LogP contribution in [0.2, 0.25) is 0 Å². The zero-order valence-electron chi connectivity index (χ0n) is 13.9. The Kier molecular flexibility index (Phi) is 4.71. The van der Waals surface area contributed by atoms with E-state index in [1.165, 1.54) is 0 Å². The molecule has 0 saturated heterocycles. The van der Waals surface area contributed by atoms with E-state index >= 15 is 0 Å². The number of hydrogen-bond donors (Lipinski definition) is 2. The van der Waals surface area contributed by atoms with Crippen LogP contribution in [0.15, 0.2) is 18.2 Å². The Morgan fingerprint density at radius 2 is 1.69 bits per heavy atom. The highest BCUT2D eigenvalue weighted by atomic mass is 19.4. The molecule has 0 atom stereocenters. The Hall–Kier alpha value is -2.12. The lowest BCUT2D eigenvalue weighted by Gasteiger charge is -2.28. The third-order valence-electron chi connectivity index (χ3n) is 5.37. The molecular formula is C18H19F4NO3. The molecule has 2 saturated carbocycles. The quantitative estimate of drug-likeness (QED) is 0.792. The minimum atomic E-state index is -4.68. The summed E-state index contributed by atoms with van der Waals surface area (Å²) in [7, 11) is 0. The summed E-state index contributed by atoms with van der Waals surface area (Å²) in [6, 6.07) is 2.05. The van der Waals surface area contributed by atoms with Crippen LogP contribution >= 0.6 is 0 Å². The van der Waals surface area contributed by atoms with Gasteiger partial charge in [0, 0.05) is 6.04 Å². The maximum Gasteiger partial charge on any atom is 0.416 e. The molecule has 1 amide bonds. The van der Waals surface area contributed by atoms with E-state index in [2.05, 4.69) is 5.32 Å². The van der Waals surface area contributed by atoms with E-state index in [9.17, 15) is 27.2 Å². The predicted octanol–water partition coefficient (Wildman–Crippen LogP) is 3.64. The standard InChI is InChI=1S/C18H19F4NO3/c19-13-8-11(7-12(9-13)18(20,21)22)17(5-6-17)16(26)23-14-3-1-10(2-4-14)15(24)25/h7-10,14H,1-6H2,(H,23,26)(H,24,25). The van der Waals surface area contributed by atoms with Gasteiger partial charge in [0.25, 0.3) is 0 Å². The molecule has 26 heavy (non-hydrogen) atoms. The normalized spacial score (nSPS) is 24.8. The van der Waals surface area contributed by atoms with Gasteiger partial charge >= 0.3 is 12.1 Å². The van der Waals surface area contributed by atoms with E-state index < -0.39 is 40.8 Å². The lowest BCUT2D eigenvalue weighted by molar-refractivity contribution is -0.143. The van der Waals surface area contributed by atoms with Crippen molar-refractivity contribution in [2.75, 3.05) is 0 Å². The molecule has 0 heterocycles. The van der Waals surface area contributed by atoms with Crippen molar-refractivity contribution in [3.63, 3.8) is 0 Å². The molecule has 0 aromatic heterocycles. The molecule has 3 rings (SSSR count). The van der Waals surface area contributed by atoms with Crippen LogP contribution in [-0.4, -0.2) is 23.0 Å². The zero-order valence-corrected chi connectivity index (χ0v) is 13.9. The summed E-state index contributed by atoms with van der Waals surface area (Å²) in [6.07, 6.45) is -2.03. The molecule has 0 radical (unpaired) electrons. The maximum atomic E-state index is 13.7. The number of hydrogen-bond acceptors (Lipinski definition) is 2. The van der Waals surface area contributed by atoms with Crippen molar-refractivity contribution in [1.29, 1.82) is 0 Å². The van der Waals surface area contributed by atoms with Crippen LogP contribution in [0.3, 0.4) is 0 Å². The van der Waals surface area contributed by atoms with E-state index in [0.717, 1.165) is 12.1 Å². The molecule has 1 aromatic rings. The minimum Gasteiger partial charge on any atom is -0.481 e. The number of halogens is 4. The summed E-state index contributed by atoms with van der Waals surface area (Å²) in [4.78, 5) is 23.6. The van der Waals surface area contributed by atoms with E-state index in [1.54, 1.807) is 0 Å². The number of rotatable bonds is 4. The fourth-order valence-corrected chi connectivity index (χ4v) is 3.61. The molecule has 0 bridgehead atoms. The first-order valence-electron chi connectivity index (χ1n) is 8.54. The predicted molar refractivity (Wildman–Crippen MR) is 83.8 cm³/mol. The van der Waals surface area contributed by atoms with E-state index in [0.29, 0.717) is 44.6 Å². The van der Waals surface area contributed by atoms with Crippen molar-refractivity contribution in [2.24, 2.45) is 5.92 Å². The SMILES string of the molecule is O=C(O)C1CCC(NC(=O)C2(c3cc(F)cc(C(F)(F)F)c3)CC2)CC1. The van der Waals surface area contributed by atoms with Crippen molar-refractivity contribution < 1.29 is 32.3 Å². The number of carbonyl (C=O) groups excluding carboxylic acids is 1. The van der Waals surface area contributed by atoms with Crippen LogP contribution in [0.1, 0.15) is 49.7 Å². The first kappa shape index (κ1) is 18.7. The molecule has 142 valence electrons. The lowest BCUT2D eigenvalue weighted by atomic mass is 9.85. The summed E-state index contributed by atoms with van der Waals surface area (Å²) >= 11 is 0. The van der Waals surface area contributed by atoms with E-state index in [1.807, 2.05) is 0 Å². The van der Waals surface area contributed by atoms with Crippen LogP contribution in [0.4, 0.5) is 17.6 Å². The Labute approximate surface area is 147 Å². The highest BCUT2D eigenvalue weighted by Crippen LogP contribution is 2.50. The lowest BCUT2D eigenvalue weighted by Crippen LogP contribution is -2.43. The smallest absolute Gasteiger partial charge is 0.416 e. The number of aliphatic carboxylic acids is 1. The van der Waals surface area contributed by atoms with Crippen molar-refractivity contribution in [3.8, 4) is 0 Å². The van der Waals surface area contributed by atoms with Gasteiger partial charge in [0.1, 0.15) is 5.82 Å². The van der Waals surface area contributed by atoms with Gasteiger partial charge in [0.15, 0.2) is 0 Å². The number of carboxylic acids is 1. The second-order valence-corrected chi connectivity index (χ2v) is 7.17. The monoisotopic (exact) mass is 373 g/mol. The second kappa shape index (κ2) is 6.55. The van der Waals surface area contributed by atoms with Crippen LogP contribution in [0.25, 0.3) is 0 Å². The summed E-state index contributed by atoms with van der Waals surface area (Å²) in [5, 5.41) is 11.8. The van der Waals surface area contributed by atoms with Gasteiger partial charge in [-0.15, -0.1) is 0 Å². The van der Waals surface area contributed by atoms with Crippen LogP contribution in [0.5, 0.6) is 0 Å². The van der Waals surface area contributed by atoms with Gasteiger partial charge in [-0.25, -0.2) is 4.39 Å². The average Bonchev–Trinajstić information content (AvgIpc) is 3.36. The molecule has 0 aliphatic heterocycles. The van der Waals surface area contributed by atoms with Gasteiger partial charge in [-0.05, 0) is 62.3 Å². The molecule has 0 unspecified atom stereocenters. The van der Waals surface area contributed by atoms with Gasteiger partial charge < -0.3 is 10.4 Å². The van der Waals surface area contributed by atoms with Crippen molar-refractivity contribution in [2.45, 2.75) is 56.2 Å². The number of carbonyl (C=O) groups is 2. The van der Waals surface area contributed by atoms with Crippen molar-refractivity contribution in [1.82, 2.24) is 5.32 Å². The van der Waals surface area contributed by atoms with Gasteiger partial charge in [-0.1, -0.05) is 0 Å². The molecule has 1 aromatic carbocycles. The van der Waals surface area contributed by atoms with Crippen LogP contribution < -0.4 is 5.32 Å². The average molecular weight is 373 g/mol. The van der Waals surface area contributed by atoms with E-state index in [4.69, 9.17) is 5.11 Å². The van der Waals surface area contributed by atoms with Crippen LogP contribution in [-0.2, 0) is 21.2 Å². The second-order valence-electron chi connectivity index (χ2n) is 7.17. The highest BCUT2D eigenvalue weighted by Gasteiger charge is 2.52. The summed E-state index contributed by atoms with van der Waals surface area (Å²) in [6.45, 7) is 0. The highest BCUT2D eigenvalue weighted by molar-refractivity contribution is 5.91. The number of alkyl halides is 3. The number of carboxylic acid groups (broad SMARTS) is 1. The fraction of sp³-hybridized carbons (Fsp3) is 0.556. The van der Waals surface area contributed by atoms with E-state index in [-0.39, 0.29) is 11.6 Å². The number of benzene rings is 1. The van der Waals surface area contributed by atoms with Crippen molar-refractivity contribution >= 4 is 11.9 Å². The molecule has 8 heteroatoms. The van der Waals surface area contributed by atoms with Crippen LogP contribution in [0, 0.1) is 11.7 Å². The minimum absolute atomic E-state index is 0.0431. The molecule has 2 fully saturated rings. The van der Waals surface area contributed by atoms with Gasteiger partial charge in [-0.3, -0.25) is 9.59 Å². The first-order chi connectivity index (χ1) is 12.1. The molecule has 0 spiro atoms. The largest absolute Gasteiger partial charge is 0.481 e. The first-order valence-corrected chi connectivity index (χ1v) is 8.54. The van der Waals surface area contributed by atoms with Gasteiger partial charge in [-0.2, -0.15) is 13.2 Å². The van der Waals surface area contributed by atoms with Gasteiger partial charge in [0.05, 0.1) is 16.9 Å². The third kappa shape index (κ3) is 3.68. The Bertz CT molecular complexity index is 720. The zero-order chi connectivity index (χ0) is 19.1. The molecule has 2 aliphatic rings. The third-order valence-corrected chi connectivity index (χ3v) is 5.37. The maximum absolute atomic E-state index is 13.7. The summed E-state index contributed by atoms with van der Waals surface area (Å²) < 4.78 is 52.4. The number of amides is 1. The molecule has 4 nitrogen and oxygen atoms in total. The molecular weight excluding hydrogens is 354 g/mol. The Balaban J connectivity index is 1.72. The van der Waals surface area contributed by atoms with Crippen molar-refractivity contribution in [3.05, 3.63) is 35.1 Å².